The molecule has 0 saturated carbocycles. The summed E-state index contributed by atoms with van der Waals surface area (Å²) in [5, 5.41) is 7.05. The lowest BCUT2D eigenvalue weighted by molar-refractivity contribution is 0.291. The van der Waals surface area contributed by atoms with Crippen LogP contribution in [0, 0.1) is 5.92 Å². The number of likely N-dealkylation sites (tertiary alicyclic amines) is 1. The van der Waals surface area contributed by atoms with Crippen LogP contribution in [0.1, 0.15) is 32.6 Å². The number of rotatable bonds is 4. The Labute approximate surface area is 110 Å². The van der Waals surface area contributed by atoms with E-state index in [1.54, 1.807) is 0 Å². The minimum absolute atomic E-state index is 0.563. The first-order valence-electron chi connectivity index (χ1n) is 7.52. The summed E-state index contributed by atoms with van der Waals surface area (Å²) in [6, 6.07) is 2.10. The van der Waals surface area contributed by atoms with Gasteiger partial charge in [0.05, 0.1) is 18.9 Å². The highest BCUT2D eigenvalue weighted by Gasteiger charge is 2.29. The highest BCUT2D eigenvalue weighted by molar-refractivity contribution is 5.57. The standard InChI is InChI=1S/C14H26N4/c1-11-2-3-13(17-11)6-12-4-5-18(8-12)9-14-7-15-10-16-14/h10-14,17H,2-9H2,1H3,(H,15,16). The zero-order valence-corrected chi connectivity index (χ0v) is 11.4. The van der Waals surface area contributed by atoms with Crippen molar-refractivity contribution in [3.8, 4) is 0 Å². The molecule has 3 aliphatic rings. The number of nitrogens with zero attached hydrogens (tertiary/aromatic N) is 2. The molecule has 0 aromatic rings. The molecule has 2 fully saturated rings. The Hall–Kier alpha value is -0.610. The van der Waals surface area contributed by atoms with Crippen molar-refractivity contribution in [2.45, 2.75) is 50.7 Å². The van der Waals surface area contributed by atoms with Crippen molar-refractivity contribution in [2.75, 3.05) is 26.2 Å². The molecule has 2 N–H and O–H groups in total. The zero-order valence-electron chi connectivity index (χ0n) is 11.4. The van der Waals surface area contributed by atoms with Gasteiger partial charge in [-0.15, -0.1) is 0 Å². The van der Waals surface area contributed by atoms with E-state index < -0.39 is 0 Å². The Kier molecular flexibility index (Phi) is 3.85. The van der Waals surface area contributed by atoms with E-state index in [9.17, 15) is 0 Å². The normalized spacial score (nSPS) is 40.5. The maximum absolute atomic E-state index is 4.24. The first-order valence-corrected chi connectivity index (χ1v) is 7.52. The van der Waals surface area contributed by atoms with E-state index in [-0.39, 0.29) is 0 Å². The van der Waals surface area contributed by atoms with E-state index in [1.807, 2.05) is 6.34 Å². The minimum Gasteiger partial charge on any atom is -0.371 e. The fourth-order valence-corrected chi connectivity index (χ4v) is 3.69. The van der Waals surface area contributed by atoms with Crippen LogP contribution in [0.3, 0.4) is 0 Å². The molecule has 0 aromatic carbocycles. The second-order valence-corrected chi connectivity index (χ2v) is 6.35. The van der Waals surface area contributed by atoms with E-state index in [1.165, 1.54) is 45.3 Å². The Morgan fingerprint density at radius 1 is 1.28 bits per heavy atom. The van der Waals surface area contributed by atoms with Crippen LogP contribution in [0.15, 0.2) is 4.99 Å². The Morgan fingerprint density at radius 2 is 2.22 bits per heavy atom. The molecule has 4 heteroatoms. The summed E-state index contributed by atoms with van der Waals surface area (Å²) >= 11 is 0. The fourth-order valence-electron chi connectivity index (χ4n) is 3.69. The predicted molar refractivity (Wildman–Crippen MR) is 75.1 cm³/mol. The second-order valence-electron chi connectivity index (χ2n) is 6.35. The van der Waals surface area contributed by atoms with Crippen molar-refractivity contribution in [2.24, 2.45) is 10.9 Å². The van der Waals surface area contributed by atoms with Gasteiger partial charge in [-0.1, -0.05) is 0 Å². The van der Waals surface area contributed by atoms with E-state index in [0.717, 1.165) is 24.5 Å². The molecule has 4 nitrogen and oxygen atoms in total. The quantitative estimate of drug-likeness (QED) is 0.777. The summed E-state index contributed by atoms with van der Waals surface area (Å²) in [5.41, 5.74) is 0. The summed E-state index contributed by atoms with van der Waals surface area (Å²) in [6.07, 6.45) is 7.39. The summed E-state index contributed by atoms with van der Waals surface area (Å²) in [6.45, 7) is 7.02. The number of nitrogens with one attached hydrogen (secondary N) is 2. The van der Waals surface area contributed by atoms with Crippen LogP contribution in [0.2, 0.25) is 0 Å². The largest absolute Gasteiger partial charge is 0.371 e. The molecule has 2 saturated heterocycles. The number of hydrogen-bond acceptors (Lipinski definition) is 4. The van der Waals surface area contributed by atoms with E-state index in [0.29, 0.717) is 6.04 Å². The first kappa shape index (κ1) is 12.4. The molecule has 0 amide bonds. The molecule has 3 heterocycles. The molecule has 0 aromatic heterocycles. The molecule has 4 atom stereocenters. The number of hydrogen-bond donors (Lipinski definition) is 2. The van der Waals surface area contributed by atoms with Crippen LogP contribution in [0.25, 0.3) is 0 Å². The third kappa shape index (κ3) is 3.04. The lowest BCUT2D eigenvalue weighted by atomic mass is 9.98. The van der Waals surface area contributed by atoms with Gasteiger partial charge in [0.25, 0.3) is 0 Å². The molecule has 0 aliphatic carbocycles. The van der Waals surface area contributed by atoms with Gasteiger partial charge in [-0.3, -0.25) is 4.99 Å². The van der Waals surface area contributed by atoms with Crippen molar-refractivity contribution >= 4 is 6.34 Å². The molecule has 4 unspecified atom stereocenters. The monoisotopic (exact) mass is 250 g/mol. The molecule has 3 rings (SSSR count). The molecule has 18 heavy (non-hydrogen) atoms. The average Bonchev–Trinajstić information content (AvgIpc) is 3.04. The number of aliphatic imine (C=N–C) groups is 1. The van der Waals surface area contributed by atoms with E-state index >= 15 is 0 Å². The van der Waals surface area contributed by atoms with Gasteiger partial charge in [0, 0.05) is 25.2 Å². The van der Waals surface area contributed by atoms with Crippen LogP contribution in [-0.4, -0.2) is 55.5 Å². The molecule has 102 valence electrons. The van der Waals surface area contributed by atoms with Crippen LogP contribution in [0.5, 0.6) is 0 Å². The molecule has 3 aliphatic heterocycles. The van der Waals surface area contributed by atoms with E-state index in [4.69, 9.17) is 0 Å². The molecule has 0 spiro atoms. The highest BCUT2D eigenvalue weighted by Crippen LogP contribution is 2.25. The minimum atomic E-state index is 0.563. The zero-order chi connectivity index (χ0) is 12.4. The SMILES string of the molecule is CC1CCC(CC2CCN(CC3CN=CN3)C2)N1. The molecular formula is C14H26N4. The van der Waals surface area contributed by atoms with Gasteiger partial charge in [-0.05, 0) is 45.1 Å². The third-order valence-electron chi connectivity index (χ3n) is 4.66. The van der Waals surface area contributed by atoms with Gasteiger partial charge in [0.2, 0.25) is 0 Å². The van der Waals surface area contributed by atoms with Crippen molar-refractivity contribution in [1.29, 1.82) is 0 Å². The lowest BCUT2D eigenvalue weighted by Crippen LogP contribution is -2.38. The predicted octanol–water partition coefficient (Wildman–Crippen LogP) is 0.839. The lowest BCUT2D eigenvalue weighted by Gasteiger charge is -2.21. The Morgan fingerprint density at radius 3 is 2.94 bits per heavy atom. The van der Waals surface area contributed by atoms with Gasteiger partial charge < -0.3 is 15.5 Å². The molecule has 0 radical (unpaired) electrons. The van der Waals surface area contributed by atoms with Gasteiger partial charge in [-0.2, -0.15) is 0 Å². The first-order chi connectivity index (χ1) is 8.79. The maximum Gasteiger partial charge on any atom is 0.0827 e. The third-order valence-corrected chi connectivity index (χ3v) is 4.66. The van der Waals surface area contributed by atoms with Crippen LogP contribution in [0.4, 0.5) is 0 Å². The van der Waals surface area contributed by atoms with Crippen LogP contribution < -0.4 is 10.6 Å². The van der Waals surface area contributed by atoms with Gasteiger partial charge in [0.1, 0.15) is 0 Å². The maximum atomic E-state index is 4.24. The highest BCUT2D eigenvalue weighted by atomic mass is 15.2. The Balaban J connectivity index is 1.38. The van der Waals surface area contributed by atoms with Gasteiger partial charge in [0.15, 0.2) is 0 Å². The van der Waals surface area contributed by atoms with Crippen molar-refractivity contribution < 1.29 is 0 Å². The summed E-state index contributed by atoms with van der Waals surface area (Å²) < 4.78 is 0. The topological polar surface area (TPSA) is 39.7 Å². The summed E-state index contributed by atoms with van der Waals surface area (Å²) in [5.74, 6) is 0.912. The smallest absolute Gasteiger partial charge is 0.0827 e. The average molecular weight is 250 g/mol. The van der Waals surface area contributed by atoms with Crippen LogP contribution >= 0.6 is 0 Å². The van der Waals surface area contributed by atoms with Crippen molar-refractivity contribution in [3.05, 3.63) is 0 Å². The molecular weight excluding hydrogens is 224 g/mol. The van der Waals surface area contributed by atoms with Crippen molar-refractivity contribution in [3.63, 3.8) is 0 Å². The fraction of sp³-hybridized carbons (Fsp3) is 0.929. The van der Waals surface area contributed by atoms with Crippen molar-refractivity contribution in [1.82, 2.24) is 15.5 Å². The Bertz CT molecular complexity index is 296. The summed E-state index contributed by atoms with van der Waals surface area (Å²) in [4.78, 5) is 6.87. The van der Waals surface area contributed by atoms with E-state index in [2.05, 4.69) is 27.4 Å². The van der Waals surface area contributed by atoms with Gasteiger partial charge >= 0.3 is 0 Å². The van der Waals surface area contributed by atoms with Crippen LogP contribution in [-0.2, 0) is 0 Å². The molecule has 0 bridgehead atoms. The second kappa shape index (κ2) is 5.57. The summed E-state index contributed by atoms with van der Waals surface area (Å²) in [7, 11) is 0. The van der Waals surface area contributed by atoms with Gasteiger partial charge in [-0.25, -0.2) is 0 Å².